The van der Waals surface area contributed by atoms with Crippen molar-refractivity contribution in [1.82, 2.24) is 10.2 Å². The summed E-state index contributed by atoms with van der Waals surface area (Å²) in [5, 5.41) is 6.30. The molecule has 2 N–H and O–H groups in total. The van der Waals surface area contributed by atoms with E-state index in [1.807, 2.05) is 20.8 Å². The maximum absolute atomic E-state index is 13.1. The van der Waals surface area contributed by atoms with Gasteiger partial charge in [0.05, 0.1) is 18.2 Å². The number of nitrogens with zero attached hydrogens (tertiary/aromatic N) is 1. The van der Waals surface area contributed by atoms with Crippen LogP contribution in [0.3, 0.4) is 0 Å². The molecule has 192 valence electrons. The van der Waals surface area contributed by atoms with Gasteiger partial charge in [-0.3, -0.25) is 9.69 Å². The van der Waals surface area contributed by atoms with Gasteiger partial charge in [-0.2, -0.15) is 0 Å². The molecule has 1 aliphatic heterocycles. The van der Waals surface area contributed by atoms with Crippen LogP contribution >= 0.6 is 11.6 Å². The van der Waals surface area contributed by atoms with Crippen molar-refractivity contribution in [2.24, 2.45) is 5.92 Å². The predicted octanol–water partition coefficient (Wildman–Crippen LogP) is 5.31. The molecule has 3 rings (SSSR count). The zero-order valence-corrected chi connectivity index (χ0v) is 21.7. The minimum atomic E-state index is -0.715. The molecule has 8 nitrogen and oxygen atoms in total. The van der Waals surface area contributed by atoms with Crippen molar-refractivity contribution in [3.63, 3.8) is 0 Å². The molecule has 3 amide bonds. The highest BCUT2D eigenvalue weighted by molar-refractivity contribution is 6.30. The van der Waals surface area contributed by atoms with E-state index in [1.54, 1.807) is 60.4 Å². The fourth-order valence-electron chi connectivity index (χ4n) is 3.78. The number of nitrogens with one attached hydrogen (secondary N) is 2. The Hall–Kier alpha value is -3.52. The summed E-state index contributed by atoms with van der Waals surface area (Å²) in [6.45, 7) is 8.20. The van der Waals surface area contributed by atoms with Crippen molar-refractivity contribution in [3.05, 3.63) is 70.4 Å². The quantitative estimate of drug-likeness (QED) is 0.420. The third-order valence-electron chi connectivity index (χ3n) is 5.50. The average Bonchev–Trinajstić information content (AvgIpc) is 2.84. The second kappa shape index (κ2) is 12.4. The zero-order chi connectivity index (χ0) is 26.2. The lowest BCUT2D eigenvalue weighted by Crippen LogP contribution is -2.48. The smallest absolute Gasteiger partial charge is 0.338 e. The number of rotatable bonds is 10. The van der Waals surface area contributed by atoms with E-state index in [-0.39, 0.29) is 31.1 Å². The van der Waals surface area contributed by atoms with E-state index in [2.05, 4.69) is 10.6 Å². The Balaban J connectivity index is 1.80. The first-order chi connectivity index (χ1) is 17.2. The van der Waals surface area contributed by atoms with Crippen LogP contribution < -0.4 is 15.4 Å². The van der Waals surface area contributed by atoms with Crippen LogP contribution in [0.4, 0.5) is 10.5 Å². The van der Waals surface area contributed by atoms with Gasteiger partial charge in [-0.15, -0.1) is 0 Å². The molecule has 0 radical (unpaired) electrons. The lowest BCUT2D eigenvalue weighted by molar-refractivity contribution is -0.140. The molecule has 0 saturated carbocycles. The van der Waals surface area contributed by atoms with Gasteiger partial charge in [0, 0.05) is 23.0 Å². The van der Waals surface area contributed by atoms with E-state index >= 15 is 0 Å². The molecule has 0 saturated heterocycles. The molecule has 2 aromatic carbocycles. The van der Waals surface area contributed by atoms with E-state index in [9.17, 15) is 14.4 Å². The summed E-state index contributed by atoms with van der Waals surface area (Å²) in [6.07, 6.45) is 0.739. The number of hydrogen-bond acceptors (Lipinski definition) is 5. The van der Waals surface area contributed by atoms with Crippen LogP contribution in [0.2, 0.25) is 5.02 Å². The first kappa shape index (κ1) is 27.1. The molecule has 1 heterocycles. The van der Waals surface area contributed by atoms with E-state index in [1.165, 1.54) is 0 Å². The number of carbonyl (C=O) groups is 3. The van der Waals surface area contributed by atoms with Gasteiger partial charge in [-0.25, -0.2) is 9.59 Å². The average molecular weight is 514 g/mol. The lowest BCUT2D eigenvalue weighted by Gasteiger charge is -2.35. The number of ether oxygens (including phenoxy) is 2. The normalized spacial score (nSPS) is 15.6. The van der Waals surface area contributed by atoms with E-state index in [0.29, 0.717) is 39.8 Å². The van der Waals surface area contributed by atoms with E-state index in [4.69, 9.17) is 21.1 Å². The SMILES string of the molecule is CCCN1C(=O)N[C@@H](c2cccc(NC(=O)COc3ccc(Cl)cc3)c2)C(C(=O)OCC(C)C)=C1C. The maximum Gasteiger partial charge on any atom is 0.338 e. The monoisotopic (exact) mass is 513 g/mol. The summed E-state index contributed by atoms with van der Waals surface area (Å²) in [5.74, 6) is -0.132. The zero-order valence-electron chi connectivity index (χ0n) is 21.0. The Labute approximate surface area is 216 Å². The standard InChI is InChI=1S/C27H32ClN3O5/c1-5-13-31-18(4)24(26(33)36-15-17(2)3)25(30-27(31)34)19-7-6-8-21(14-19)29-23(32)16-35-22-11-9-20(28)10-12-22/h6-12,14,17,25H,5,13,15-16H2,1-4H3,(H,29,32)(H,30,34)/t25-/m0/s1. The van der Waals surface area contributed by atoms with Crippen LogP contribution in [0.25, 0.3) is 0 Å². The van der Waals surface area contributed by atoms with Crippen molar-refractivity contribution in [3.8, 4) is 5.75 Å². The number of halogens is 1. The minimum Gasteiger partial charge on any atom is -0.484 e. The second-order valence-electron chi connectivity index (χ2n) is 8.94. The summed E-state index contributed by atoms with van der Waals surface area (Å²) in [7, 11) is 0. The topological polar surface area (TPSA) is 97.0 Å². The van der Waals surface area contributed by atoms with Gasteiger partial charge < -0.3 is 20.1 Å². The number of allylic oxidation sites excluding steroid dienone is 1. The van der Waals surface area contributed by atoms with Crippen LogP contribution in [-0.2, 0) is 14.3 Å². The predicted molar refractivity (Wildman–Crippen MR) is 139 cm³/mol. The second-order valence-corrected chi connectivity index (χ2v) is 9.38. The summed E-state index contributed by atoms with van der Waals surface area (Å²) in [4.78, 5) is 40.0. The first-order valence-electron chi connectivity index (χ1n) is 11.9. The molecule has 0 aliphatic carbocycles. The third-order valence-corrected chi connectivity index (χ3v) is 5.75. The van der Waals surface area contributed by atoms with Crippen molar-refractivity contribution in [2.45, 2.75) is 40.2 Å². The number of esters is 1. The van der Waals surface area contributed by atoms with Gasteiger partial charge >= 0.3 is 12.0 Å². The van der Waals surface area contributed by atoms with Crippen molar-refractivity contribution < 1.29 is 23.9 Å². The first-order valence-corrected chi connectivity index (χ1v) is 12.3. The van der Waals surface area contributed by atoms with Crippen molar-refractivity contribution in [2.75, 3.05) is 25.1 Å². The fraction of sp³-hybridized carbons (Fsp3) is 0.370. The Bertz CT molecular complexity index is 1130. The van der Waals surface area contributed by atoms with Gasteiger partial charge in [0.2, 0.25) is 0 Å². The Morgan fingerprint density at radius 3 is 2.56 bits per heavy atom. The number of anilines is 1. The molecule has 0 unspecified atom stereocenters. The molecule has 36 heavy (non-hydrogen) atoms. The molecular weight excluding hydrogens is 482 g/mol. The van der Waals surface area contributed by atoms with Crippen LogP contribution in [-0.4, -0.2) is 42.6 Å². The number of urea groups is 1. The van der Waals surface area contributed by atoms with E-state index in [0.717, 1.165) is 6.42 Å². The molecule has 0 aromatic heterocycles. The lowest BCUT2D eigenvalue weighted by atomic mass is 9.94. The van der Waals surface area contributed by atoms with Gasteiger partial charge in [0.15, 0.2) is 6.61 Å². The highest BCUT2D eigenvalue weighted by atomic mass is 35.5. The van der Waals surface area contributed by atoms with Gasteiger partial charge in [-0.05, 0) is 61.2 Å². The molecule has 1 aliphatic rings. The maximum atomic E-state index is 13.1. The van der Waals surface area contributed by atoms with Gasteiger partial charge in [0.25, 0.3) is 5.91 Å². The molecule has 2 aromatic rings. The highest BCUT2D eigenvalue weighted by Gasteiger charge is 2.36. The molecular formula is C27H32ClN3O5. The van der Waals surface area contributed by atoms with Crippen molar-refractivity contribution >= 4 is 35.2 Å². The molecule has 0 spiro atoms. The highest BCUT2D eigenvalue weighted by Crippen LogP contribution is 2.32. The molecule has 1 atom stereocenters. The summed E-state index contributed by atoms with van der Waals surface area (Å²) in [5.41, 5.74) is 2.09. The van der Waals surface area contributed by atoms with Gasteiger partial charge in [-0.1, -0.05) is 44.5 Å². The summed E-state index contributed by atoms with van der Waals surface area (Å²) in [6, 6.07) is 12.7. The minimum absolute atomic E-state index is 0.173. The fourth-order valence-corrected chi connectivity index (χ4v) is 3.91. The van der Waals surface area contributed by atoms with Crippen LogP contribution in [0.5, 0.6) is 5.75 Å². The van der Waals surface area contributed by atoms with Crippen molar-refractivity contribution in [1.29, 1.82) is 0 Å². The van der Waals surface area contributed by atoms with Gasteiger partial charge in [0.1, 0.15) is 5.75 Å². The summed E-state index contributed by atoms with van der Waals surface area (Å²) >= 11 is 5.87. The van der Waals surface area contributed by atoms with E-state index < -0.39 is 12.0 Å². The Morgan fingerprint density at radius 1 is 1.17 bits per heavy atom. The number of carbonyl (C=O) groups excluding carboxylic acids is 3. The molecule has 0 fully saturated rings. The van der Waals surface area contributed by atoms with Crippen LogP contribution in [0.1, 0.15) is 45.7 Å². The Morgan fingerprint density at radius 2 is 1.89 bits per heavy atom. The molecule has 0 bridgehead atoms. The number of amides is 3. The number of hydrogen-bond donors (Lipinski definition) is 2. The molecule has 9 heteroatoms. The van der Waals surface area contributed by atoms with Crippen LogP contribution in [0.15, 0.2) is 59.8 Å². The Kier molecular flexibility index (Phi) is 9.36. The number of benzene rings is 2. The van der Waals surface area contributed by atoms with Crippen LogP contribution in [0, 0.1) is 5.92 Å². The third kappa shape index (κ3) is 7.01. The summed E-state index contributed by atoms with van der Waals surface area (Å²) < 4.78 is 11.0. The largest absolute Gasteiger partial charge is 0.484 e.